The van der Waals surface area contributed by atoms with Gasteiger partial charge in [0.05, 0.1) is 0 Å². The molecular formula is C15H29N3O2. The molecule has 1 fully saturated rings. The zero-order valence-electron chi connectivity index (χ0n) is 13.4. The third-order valence-electron chi connectivity index (χ3n) is 3.76. The van der Waals surface area contributed by atoms with Crippen LogP contribution in [0.4, 0.5) is 0 Å². The summed E-state index contributed by atoms with van der Waals surface area (Å²) in [5.74, 6) is 0.403. The van der Waals surface area contributed by atoms with Gasteiger partial charge in [0, 0.05) is 26.1 Å². The largest absolute Gasteiger partial charge is 0.347 e. The van der Waals surface area contributed by atoms with Crippen LogP contribution in [0.5, 0.6) is 0 Å². The number of amides is 2. The van der Waals surface area contributed by atoms with Gasteiger partial charge in [-0.1, -0.05) is 13.8 Å². The average Bonchev–Trinajstić information content (AvgIpc) is 2.36. The van der Waals surface area contributed by atoms with Gasteiger partial charge >= 0.3 is 0 Å². The van der Waals surface area contributed by atoms with Crippen LogP contribution in [0.3, 0.4) is 0 Å². The second-order valence-electron chi connectivity index (χ2n) is 6.50. The van der Waals surface area contributed by atoms with Crippen molar-refractivity contribution in [2.45, 2.75) is 52.1 Å². The number of nitrogens with zero attached hydrogens (tertiary/aromatic N) is 1. The van der Waals surface area contributed by atoms with E-state index in [4.69, 9.17) is 0 Å². The number of carbonyl (C=O) groups excluding carboxylic acids is 2. The molecule has 3 unspecified atom stereocenters. The lowest BCUT2D eigenvalue weighted by Crippen LogP contribution is -2.50. The predicted octanol–water partition coefficient (Wildman–Crippen LogP) is 0.994. The Balaban J connectivity index is 2.63. The van der Waals surface area contributed by atoms with Gasteiger partial charge in [-0.25, -0.2) is 0 Å². The number of hydrogen-bond donors (Lipinski definition) is 2. The first-order chi connectivity index (χ1) is 9.31. The molecule has 1 heterocycles. The SMILES string of the molecule is CC(C)CC(NC(=O)C1CCNC(C)C1)C(=O)N(C)C. The monoisotopic (exact) mass is 283 g/mol. The lowest BCUT2D eigenvalue weighted by atomic mass is 9.91. The number of piperidine rings is 1. The quantitative estimate of drug-likeness (QED) is 0.791. The van der Waals surface area contributed by atoms with E-state index in [0.717, 1.165) is 19.4 Å². The second kappa shape index (κ2) is 7.62. The van der Waals surface area contributed by atoms with E-state index in [9.17, 15) is 9.59 Å². The smallest absolute Gasteiger partial charge is 0.244 e. The van der Waals surface area contributed by atoms with E-state index in [0.29, 0.717) is 18.4 Å². The highest BCUT2D eigenvalue weighted by atomic mass is 16.2. The summed E-state index contributed by atoms with van der Waals surface area (Å²) in [7, 11) is 3.46. The van der Waals surface area contributed by atoms with Gasteiger partial charge in [-0.2, -0.15) is 0 Å². The Labute approximate surface area is 122 Å². The van der Waals surface area contributed by atoms with Crippen molar-refractivity contribution in [3.8, 4) is 0 Å². The summed E-state index contributed by atoms with van der Waals surface area (Å²) in [6.45, 7) is 7.09. The molecule has 5 heteroatoms. The minimum absolute atomic E-state index is 0.0194. The van der Waals surface area contributed by atoms with Crippen molar-refractivity contribution in [2.75, 3.05) is 20.6 Å². The first kappa shape index (κ1) is 17.0. The maximum atomic E-state index is 12.4. The number of hydrogen-bond acceptors (Lipinski definition) is 3. The molecule has 0 aliphatic carbocycles. The third kappa shape index (κ3) is 5.12. The summed E-state index contributed by atoms with van der Waals surface area (Å²) in [6, 6.07) is -0.0321. The molecule has 20 heavy (non-hydrogen) atoms. The lowest BCUT2D eigenvalue weighted by Gasteiger charge is -2.29. The lowest BCUT2D eigenvalue weighted by molar-refractivity contribution is -0.136. The summed E-state index contributed by atoms with van der Waals surface area (Å²) >= 11 is 0. The van der Waals surface area contributed by atoms with Crippen LogP contribution < -0.4 is 10.6 Å². The van der Waals surface area contributed by atoms with E-state index < -0.39 is 6.04 Å². The Bertz CT molecular complexity index is 342. The highest BCUT2D eigenvalue weighted by Gasteiger charge is 2.29. The summed E-state index contributed by atoms with van der Waals surface area (Å²) in [6.07, 6.45) is 2.38. The molecule has 5 nitrogen and oxygen atoms in total. The molecule has 1 saturated heterocycles. The van der Waals surface area contributed by atoms with E-state index in [1.807, 2.05) is 0 Å². The summed E-state index contributed by atoms with van der Waals surface area (Å²) in [5.41, 5.74) is 0. The second-order valence-corrected chi connectivity index (χ2v) is 6.50. The number of rotatable bonds is 5. The molecule has 2 amide bonds. The van der Waals surface area contributed by atoms with Crippen LogP contribution in [-0.2, 0) is 9.59 Å². The maximum absolute atomic E-state index is 12.4. The first-order valence-electron chi connectivity index (χ1n) is 7.56. The molecule has 1 rings (SSSR count). The standard InChI is InChI=1S/C15H29N3O2/c1-10(2)8-13(15(20)18(4)5)17-14(19)12-6-7-16-11(3)9-12/h10-13,16H,6-9H2,1-5H3,(H,17,19). The Morgan fingerprint density at radius 2 is 2.00 bits per heavy atom. The zero-order chi connectivity index (χ0) is 15.3. The van der Waals surface area contributed by atoms with E-state index in [-0.39, 0.29) is 17.7 Å². The molecule has 1 aliphatic heterocycles. The number of carbonyl (C=O) groups is 2. The van der Waals surface area contributed by atoms with Gasteiger partial charge in [0.25, 0.3) is 0 Å². The molecule has 2 N–H and O–H groups in total. The first-order valence-corrected chi connectivity index (χ1v) is 7.56. The maximum Gasteiger partial charge on any atom is 0.244 e. The Morgan fingerprint density at radius 1 is 1.35 bits per heavy atom. The molecule has 0 aromatic heterocycles. The Morgan fingerprint density at radius 3 is 2.50 bits per heavy atom. The van der Waals surface area contributed by atoms with Crippen LogP contribution >= 0.6 is 0 Å². The van der Waals surface area contributed by atoms with Crippen LogP contribution in [0, 0.1) is 11.8 Å². The molecule has 0 radical (unpaired) electrons. The fourth-order valence-electron chi connectivity index (χ4n) is 2.66. The van der Waals surface area contributed by atoms with Gasteiger partial charge in [-0.15, -0.1) is 0 Å². The molecular weight excluding hydrogens is 254 g/mol. The zero-order valence-corrected chi connectivity index (χ0v) is 13.4. The van der Waals surface area contributed by atoms with Crippen LogP contribution in [0.25, 0.3) is 0 Å². The van der Waals surface area contributed by atoms with E-state index >= 15 is 0 Å². The molecule has 0 saturated carbocycles. The van der Waals surface area contributed by atoms with Crippen LogP contribution in [-0.4, -0.2) is 49.4 Å². The molecule has 1 aliphatic rings. The normalized spacial score (nSPS) is 24.3. The van der Waals surface area contributed by atoms with Gasteiger partial charge in [-0.05, 0) is 38.6 Å². The van der Waals surface area contributed by atoms with Gasteiger partial charge in [-0.3, -0.25) is 9.59 Å². The minimum atomic E-state index is -0.400. The highest BCUT2D eigenvalue weighted by Crippen LogP contribution is 2.17. The van der Waals surface area contributed by atoms with Crippen LogP contribution in [0.2, 0.25) is 0 Å². The highest BCUT2D eigenvalue weighted by molar-refractivity contribution is 5.88. The van der Waals surface area contributed by atoms with Gasteiger partial charge in [0.2, 0.25) is 11.8 Å². The average molecular weight is 283 g/mol. The third-order valence-corrected chi connectivity index (χ3v) is 3.76. The van der Waals surface area contributed by atoms with Crippen molar-refractivity contribution >= 4 is 11.8 Å². The van der Waals surface area contributed by atoms with Gasteiger partial charge in [0.1, 0.15) is 6.04 Å². The molecule has 0 bridgehead atoms. The van der Waals surface area contributed by atoms with Crippen molar-refractivity contribution in [3.05, 3.63) is 0 Å². The van der Waals surface area contributed by atoms with Gasteiger partial charge in [0.15, 0.2) is 0 Å². The topological polar surface area (TPSA) is 61.4 Å². The van der Waals surface area contributed by atoms with E-state index in [1.54, 1.807) is 19.0 Å². The van der Waals surface area contributed by atoms with E-state index in [2.05, 4.69) is 31.4 Å². The summed E-state index contributed by atoms with van der Waals surface area (Å²) in [5, 5.41) is 6.30. The fourth-order valence-corrected chi connectivity index (χ4v) is 2.66. The Hall–Kier alpha value is -1.10. The van der Waals surface area contributed by atoms with Crippen molar-refractivity contribution in [2.24, 2.45) is 11.8 Å². The number of nitrogens with one attached hydrogen (secondary N) is 2. The molecule has 3 atom stereocenters. The molecule has 0 aromatic carbocycles. The van der Waals surface area contributed by atoms with Gasteiger partial charge < -0.3 is 15.5 Å². The molecule has 0 aromatic rings. The van der Waals surface area contributed by atoms with Crippen molar-refractivity contribution in [3.63, 3.8) is 0 Å². The summed E-state index contributed by atoms with van der Waals surface area (Å²) < 4.78 is 0. The fraction of sp³-hybridized carbons (Fsp3) is 0.867. The van der Waals surface area contributed by atoms with Crippen LogP contribution in [0.1, 0.15) is 40.0 Å². The van der Waals surface area contributed by atoms with Crippen molar-refractivity contribution < 1.29 is 9.59 Å². The van der Waals surface area contributed by atoms with E-state index in [1.165, 1.54) is 0 Å². The molecule has 116 valence electrons. The van der Waals surface area contributed by atoms with Crippen molar-refractivity contribution in [1.82, 2.24) is 15.5 Å². The number of likely N-dealkylation sites (N-methyl/N-ethyl adjacent to an activating group) is 1. The minimum Gasteiger partial charge on any atom is -0.347 e. The molecule has 0 spiro atoms. The summed E-state index contributed by atoms with van der Waals surface area (Å²) in [4.78, 5) is 26.1. The van der Waals surface area contributed by atoms with Crippen molar-refractivity contribution in [1.29, 1.82) is 0 Å². The Kier molecular flexibility index (Phi) is 6.46. The predicted molar refractivity (Wildman–Crippen MR) is 80.3 cm³/mol. The van der Waals surface area contributed by atoms with Crippen LogP contribution in [0.15, 0.2) is 0 Å².